The van der Waals surface area contributed by atoms with Gasteiger partial charge in [-0.15, -0.1) is 0 Å². The zero-order valence-corrected chi connectivity index (χ0v) is 15.1. The van der Waals surface area contributed by atoms with Crippen LogP contribution < -0.4 is 16.0 Å². The van der Waals surface area contributed by atoms with Crippen LogP contribution in [0.2, 0.25) is 0 Å². The Bertz CT molecular complexity index is 686. The average molecular weight is 363 g/mol. The number of hydrogen-bond donors (Lipinski definition) is 3. The van der Waals surface area contributed by atoms with Crippen LogP contribution in [0, 0.1) is 0 Å². The first-order valence-electron chi connectivity index (χ1n) is 7.69. The minimum atomic E-state index is -0.611. The molecule has 0 aliphatic heterocycles. The Hall–Kier alpha value is -2.74. The summed E-state index contributed by atoms with van der Waals surface area (Å²) >= 11 is 5.03. The lowest BCUT2D eigenvalue weighted by molar-refractivity contribution is -0.137. The van der Waals surface area contributed by atoms with E-state index in [1.165, 1.54) is 0 Å². The summed E-state index contributed by atoms with van der Waals surface area (Å²) in [6, 6.07) is 6.72. The largest absolute Gasteiger partial charge is 0.463 e. The topological polar surface area (TPSA) is 96.5 Å². The Balaban J connectivity index is 2.61. The third-order valence-corrected chi connectivity index (χ3v) is 2.90. The fraction of sp³-hybridized carbons (Fsp3) is 0.294. The van der Waals surface area contributed by atoms with Gasteiger partial charge in [0.1, 0.15) is 0 Å². The Morgan fingerprint density at radius 2 is 1.96 bits per heavy atom. The van der Waals surface area contributed by atoms with E-state index in [1.807, 2.05) is 13.8 Å². The zero-order chi connectivity index (χ0) is 18.8. The Morgan fingerprint density at radius 3 is 2.60 bits per heavy atom. The highest BCUT2D eigenvalue weighted by Crippen LogP contribution is 2.10. The van der Waals surface area contributed by atoms with E-state index in [2.05, 4.69) is 20.7 Å². The lowest BCUT2D eigenvalue weighted by Crippen LogP contribution is -2.33. The van der Waals surface area contributed by atoms with E-state index in [0.29, 0.717) is 11.3 Å². The van der Waals surface area contributed by atoms with Crippen LogP contribution in [0.4, 0.5) is 5.69 Å². The summed E-state index contributed by atoms with van der Waals surface area (Å²) in [5.41, 5.74) is 1.02. The number of rotatable bonds is 6. The van der Waals surface area contributed by atoms with Crippen LogP contribution in [0.25, 0.3) is 0 Å². The van der Waals surface area contributed by atoms with Gasteiger partial charge in [0, 0.05) is 29.4 Å². The molecule has 0 aliphatic rings. The van der Waals surface area contributed by atoms with Gasteiger partial charge in [-0.25, -0.2) is 4.79 Å². The molecule has 0 radical (unpaired) electrons. The minimum Gasteiger partial charge on any atom is -0.463 e. The van der Waals surface area contributed by atoms with Gasteiger partial charge in [0.25, 0.3) is 5.91 Å². The smallest absolute Gasteiger partial charge is 0.330 e. The maximum atomic E-state index is 12.0. The van der Waals surface area contributed by atoms with Gasteiger partial charge in [0.15, 0.2) is 5.11 Å². The van der Waals surface area contributed by atoms with Crippen LogP contribution in [0.1, 0.15) is 31.1 Å². The van der Waals surface area contributed by atoms with Gasteiger partial charge in [0.05, 0.1) is 6.61 Å². The number of carbonyl (C=O) groups is 3. The Kier molecular flexibility index (Phi) is 8.28. The number of amides is 2. The number of benzene rings is 1. The van der Waals surface area contributed by atoms with Crippen molar-refractivity contribution in [1.82, 2.24) is 10.6 Å². The molecule has 1 rings (SSSR count). The van der Waals surface area contributed by atoms with Crippen LogP contribution in [-0.2, 0) is 14.3 Å². The number of carbonyl (C=O) groups excluding carboxylic acids is 3. The maximum absolute atomic E-state index is 12.0. The predicted octanol–water partition coefficient (Wildman–Crippen LogP) is 1.76. The zero-order valence-electron chi connectivity index (χ0n) is 14.3. The molecule has 3 N–H and O–H groups in total. The molecule has 1 aromatic carbocycles. The van der Waals surface area contributed by atoms with Gasteiger partial charge in [-0.3, -0.25) is 14.9 Å². The first kappa shape index (κ1) is 20.3. The first-order valence-corrected chi connectivity index (χ1v) is 8.10. The molecule has 0 saturated heterocycles. The molecule has 0 heterocycles. The molecule has 7 nitrogen and oxygen atoms in total. The number of esters is 1. The molecule has 2 amide bonds. The fourth-order valence-corrected chi connectivity index (χ4v) is 1.95. The van der Waals surface area contributed by atoms with Crippen molar-refractivity contribution < 1.29 is 19.1 Å². The number of hydrogen-bond acceptors (Lipinski definition) is 5. The molecule has 0 atom stereocenters. The Labute approximate surface area is 151 Å². The number of ether oxygens (including phenoxy) is 1. The Morgan fingerprint density at radius 1 is 1.24 bits per heavy atom. The highest BCUT2D eigenvalue weighted by molar-refractivity contribution is 7.80. The van der Waals surface area contributed by atoms with Gasteiger partial charge >= 0.3 is 5.97 Å². The fourth-order valence-electron chi connectivity index (χ4n) is 1.73. The molecular formula is C17H21N3O4S. The van der Waals surface area contributed by atoms with Gasteiger partial charge in [0.2, 0.25) is 5.91 Å². The summed E-state index contributed by atoms with van der Waals surface area (Å²) in [5.74, 6) is -1.38. The molecular weight excluding hydrogens is 342 g/mol. The average Bonchev–Trinajstić information content (AvgIpc) is 2.52. The molecule has 1 aromatic rings. The van der Waals surface area contributed by atoms with E-state index in [0.717, 1.165) is 12.2 Å². The monoisotopic (exact) mass is 363 g/mol. The van der Waals surface area contributed by atoms with Crippen LogP contribution in [0.15, 0.2) is 36.4 Å². The number of anilines is 1. The first-order chi connectivity index (χ1) is 11.8. The summed E-state index contributed by atoms with van der Waals surface area (Å²) in [6.07, 6.45) is 2.04. The van der Waals surface area contributed by atoms with E-state index >= 15 is 0 Å². The standard InChI is InChI=1S/C17H21N3O4S/c1-4-24-15(22)9-8-14(21)20-17(25)19-13-7-5-6-12(10-13)16(23)18-11(2)3/h5-11H,4H2,1-3H3,(H,18,23)(H2,19,20,21,25)/b9-8+. The third-order valence-electron chi connectivity index (χ3n) is 2.70. The number of thiocarbonyl (C=S) groups is 1. The summed E-state index contributed by atoms with van der Waals surface area (Å²) in [5, 5.41) is 8.03. The summed E-state index contributed by atoms with van der Waals surface area (Å²) in [7, 11) is 0. The summed E-state index contributed by atoms with van der Waals surface area (Å²) in [4.78, 5) is 34.8. The third kappa shape index (κ3) is 8.07. The van der Waals surface area contributed by atoms with Crippen molar-refractivity contribution in [3.63, 3.8) is 0 Å². The normalized spacial score (nSPS) is 10.4. The van der Waals surface area contributed by atoms with Crippen molar-refractivity contribution in [2.75, 3.05) is 11.9 Å². The molecule has 25 heavy (non-hydrogen) atoms. The number of nitrogens with one attached hydrogen (secondary N) is 3. The molecule has 0 aliphatic carbocycles. The second-order valence-corrected chi connectivity index (χ2v) is 5.65. The molecule has 0 bridgehead atoms. The van der Waals surface area contributed by atoms with Crippen molar-refractivity contribution in [1.29, 1.82) is 0 Å². The van der Waals surface area contributed by atoms with Gasteiger partial charge in [-0.05, 0) is 51.2 Å². The molecule has 0 fully saturated rings. The summed E-state index contributed by atoms with van der Waals surface area (Å²) in [6.45, 7) is 5.63. The summed E-state index contributed by atoms with van der Waals surface area (Å²) < 4.78 is 4.66. The van der Waals surface area contributed by atoms with E-state index in [4.69, 9.17) is 12.2 Å². The second-order valence-electron chi connectivity index (χ2n) is 5.24. The van der Waals surface area contributed by atoms with E-state index < -0.39 is 11.9 Å². The van der Waals surface area contributed by atoms with E-state index in [1.54, 1.807) is 31.2 Å². The van der Waals surface area contributed by atoms with Crippen molar-refractivity contribution in [3.05, 3.63) is 42.0 Å². The van der Waals surface area contributed by atoms with E-state index in [-0.39, 0.29) is 23.7 Å². The van der Waals surface area contributed by atoms with Gasteiger partial charge < -0.3 is 15.4 Å². The minimum absolute atomic E-state index is 0.0238. The molecule has 0 spiro atoms. The van der Waals surface area contributed by atoms with Crippen molar-refractivity contribution in [2.24, 2.45) is 0 Å². The lowest BCUT2D eigenvalue weighted by atomic mass is 10.2. The molecule has 0 unspecified atom stereocenters. The highest BCUT2D eigenvalue weighted by atomic mass is 32.1. The highest BCUT2D eigenvalue weighted by Gasteiger charge is 2.08. The van der Waals surface area contributed by atoms with Crippen molar-refractivity contribution >= 4 is 40.8 Å². The van der Waals surface area contributed by atoms with Crippen LogP contribution in [0.5, 0.6) is 0 Å². The van der Waals surface area contributed by atoms with Crippen molar-refractivity contribution in [2.45, 2.75) is 26.8 Å². The molecule has 0 aromatic heterocycles. The molecule has 134 valence electrons. The second kappa shape index (κ2) is 10.2. The van der Waals surface area contributed by atoms with Crippen molar-refractivity contribution in [3.8, 4) is 0 Å². The maximum Gasteiger partial charge on any atom is 0.330 e. The predicted molar refractivity (Wildman–Crippen MR) is 99.2 cm³/mol. The molecule has 8 heteroatoms. The van der Waals surface area contributed by atoms with Crippen LogP contribution in [-0.4, -0.2) is 35.5 Å². The van der Waals surface area contributed by atoms with E-state index in [9.17, 15) is 14.4 Å². The molecule has 0 saturated carbocycles. The van der Waals surface area contributed by atoms with Crippen LogP contribution >= 0.6 is 12.2 Å². The lowest BCUT2D eigenvalue weighted by Gasteiger charge is -2.11. The van der Waals surface area contributed by atoms with Crippen LogP contribution in [0.3, 0.4) is 0 Å². The van der Waals surface area contributed by atoms with Gasteiger partial charge in [-0.1, -0.05) is 6.07 Å². The quantitative estimate of drug-likeness (QED) is 0.405. The SMILES string of the molecule is CCOC(=O)/C=C/C(=O)NC(=S)Nc1cccc(C(=O)NC(C)C)c1. The van der Waals surface area contributed by atoms with Gasteiger partial charge in [-0.2, -0.15) is 0 Å².